The van der Waals surface area contributed by atoms with E-state index in [1.807, 2.05) is 0 Å². The molecule has 0 aliphatic heterocycles. The van der Waals surface area contributed by atoms with Crippen LogP contribution in [-0.4, -0.2) is 6.04 Å². The van der Waals surface area contributed by atoms with Gasteiger partial charge < -0.3 is 5.73 Å². The molecule has 0 aliphatic carbocycles. The van der Waals surface area contributed by atoms with Crippen molar-refractivity contribution in [2.75, 3.05) is 0 Å². The fraction of sp³-hybridized carbons (Fsp3) is 0.625. The fourth-order valence-corrected chi connectivity index (χ4v) is 2.21. The molecule has 0 saturated heterocycles. The lowest BCUT2D eigenvalue weighted by atomic mass is 9.98. The smallest absolute Gasteiger partial charge is 0.00419 e. The average Bonchev–Trinajstić information content (AvgIpc) is 2.34. The molecule has 0 heterocycles. The molecule has 1 atom stereocenters. The van der Waals surface area contributed by atoms with Gasteiger partial charge in [0.15, 0.2) is 0 Å². The number of nitrogens with two attached hydrogens (primary N) is 1. The quantitative estimate of drug-likeness (QED) is 0.668. The van der Waals surface area contributed by atoms with E-state index in [0.29, 0.717) is 6.04 Å². The minimum atomic E-state index is 0.381. The van der Waals surface area contributed by atoms with Gasteiger partial charge in [-0.25, -0.2) is 0 Å². The molecule has 1 unspecified atom stereocenters. The van der Waals surface area contributed by atoms with Gasteiger partial charge in [-0.3, -0.25) is 0 Å². The summed E-state index contributed by atoms with van der Waals surface area (Å²) in [7, 11) is 0. The Kier molecular flexibility index (Phi) is 6.95. The van der Waals surface area contributed by atoms with Crippen LogP contribution in [-0.2, 0) is 6.42 Å². The van der Waals surface area contributed by atoms with Gasteiger partial charge >= 0.3 is 0 Å². The second kappa shape index (κ2) is 8.30. The van der Waals surface area contributed by atoms with Crippen LogP contribution in [0, 0.1) is 6.92 Å². The van der Waals surface area contributed by atoms with Gasteiger partial charge in [0, 0.05) is 6.04 Å². The Morgan fingerprint density at radius 1 is 1.06 bits per heavy atom. The van der Waals surface area contributed by atoms with E-state index in [1.54, 1.807) is 0 Å². The lowest BCUT2D eigenvalue weighted by Gasteiger charge is -2.12. The van der Waals surface area contributed by atoms with Crippen molar-refractivity contribution in [3.8, 4) is 0 Å². The van der Waals surface area contributed by atoms with Gasteiger partial charge in [-0.15, -0.1) is 0 Å². The highest BCUT2D eigenvalue weighted by Crippen LogP contribution is 2.13. The van der Waals surface area contributed by atoms with Crippen molar-refractivity contribution < 1.29 is 0 Å². The van der Waals surface area contributed by atoms with Crippen LogP contribution in [0.1, 0.15) is 56.6 Å². The molecule has 0 aromatic heterocycles. The molecule has 0 amide bonds. The summed E-state index contributed by atoms with van der Waals surface area (Å²) < 4.78 is 0. The van der Waals surface area contributed by atoms with E-state index in [0.717, 1.165) is 12.8 Å². The van der Waals surface area contributed by atoms with Crippen molar-refractivity contribution in [1.29, 1.82) is 0 Å². The number of aryl methyl sites for hydroxylation is 2. The van der Waals surface area contributed by atoms with Gasteiger partial charge in [-0.1, -0.05) is 56.9 Å². The van der Waals surface area contributed by atoms with E-state index in [4.69, 9.17) is 5.73 Å². The molecule has 1 aromatic rings. The first-order valence-electron chi connectivity index (χ1n) is 7.04. The van der Waals surface area contributed by atoms with Crippen LogP contribution in [0.25, 0.3) is 0 Å². The van der Waals surface area contributed by atoms with E-state index in [9.17, 15) is 0 Å². The zero-order valence-electron chi connectivity index (χ0n) is 11.4. The van der Waals surface area contributed by atoms with Crippen LogP contribution in [0.2, 0.25) is 0 Å². The van der Waals surface area contributed by atoms with Crippen molar-refractivity contribution in [2.45, 2.75) is 64.8 Å². The molecule has 0 bridgehead atoms. The van der Waals surface area contributed by atoms with Gasteiger partial charge in [0.1, 0.15) is 0 Å². The minimum Gasteiger partial charge on any atom is -0.328 e. The number of hydrogen-bond acceptors (Lipinski definition) is 1. The maximum atomic E-state index is 6.15. The Morgan fingerprint density at radius 3 is 2.53 bits per heavy atom. The molecule has 0 radical (unpaired) electrons. The Hall–Kier alpha value is -0.820. The van der Waals surface area contributed by atoms with Gasteiger partial charge in [-0.05, 0) is 37.3 Å². The molecule has 1 nitrogen and oxygen atoms in total. The molecule has 2 N–H and O–H groups in total. The van der Waals surface area contributed by atoms with Crippen molar-refractivity contribution >= 4 is 0 Å². The maximum Gasteiger partial charge on any atom is 0.00419 e. The fourth-order valence-electron chi connectivity index (χ4n) is 2.21. The summed E-state index contributed by atoms with van der Waals surface area (Å²) in [6.07, 6.45) is 8.73. The van der Waals surface area contributed by atoms with Crippen molar-refractivity contribution in [3.05, 3.63) is 35.4 Å². The van der Waals surface area contributed by atoms with E-state index < -0.39 is 0 Å². The molecular weight excluding hydrogens is 206 g/mol. The van der Waals surface area contributed by atoms with Gasteiger partial charge in [-0.2, -0.15) is 0 Å². The summed E-state index contributed by atoms with van der Waals surface area (Å²) in [6.45, 7) is 4.43. The Morgan fingerprint density at radius 2 is 1.82 bits per heavy atom. The topological polar surface area (TPSA) is 26.0 Å². The predicted molar refractivity (Wildman–Crippen MR) is 76.2 cm³/mol. The summed E-state index contributed by atoms with van der Waals surface area (Å²) >= 11 is 0. The van der Waals surface area contributed by atoms with Crippen LogP contribution in [0.4, 0.5) is 0 Å². The lowest BCUT2D eigenvalue weighted by Crippen LogP contribution is -2.20. The molecular formula is C16H27N. The monoisotopic (exact) mass is 233 g/mol. The summed E-state index contributed by atoms with van der Waals surface area (Å²) in [5, 5.41) is 0. The summed E-state index contributed by atoms with van der Waals surface area (Å²) in [6, 6.07) is 9.01. The van der Waals surface area contributed by atoms with Crippen LogP contribution in [0.3, 0.4) is 0 Å². The summed E-state index contributed by atoms with van der Waals surface area (Å²) in [5.41, 5.74) is 9.00. The van der Waals surface area contributed by atoms with E-state index in [1.165, 1.54) is 43.2 Å². The van der Waals surface area contributed by atoms with Crippen molar-refractivity contribution in [1.82, 2.24) is 0 Å². The molecule has 17 heavy (non-hydrogen) atoms. The van der Waals surface area contributed by atoms with Gasteiger partial charge in [0.2, 0.25) is 0 Å². The highest BCUT2D eigenvalue weighted by Gasteiger charge is 2.04. The number of hydrogen-bond donors (Lipinski definition) is 1. The zero-order valence-corrected chi connectivity index (χ0v) is 11.4. The van der Waals surface area contributed by atoms with Crippen LogP contribution in [0.15, 0.2) is 24.3 Å². The van der Waals surface area contributed by atoms with Gasteiger partial charge in [0.05, 0.1) is 0 Å². The molecule has 96 valence electrons. The normalized spacial score (nSPS) is 12.6. The predicted octanol–water partition coefficient (Wildman–Crippen LogP) is 4.23. The Bertz CT molecular complexity index is 306. The van der Waals surface area contributed by atoms with Crippen LogP contribution < -0.4 is 5.73 Å². The van der Waals surface area contributed by atoms with E-state index >= 15 is 0 Å². The molecule has 0 spiro atoms. The number of unbranched alkanes of at least 4 members (excludes halogenated alkanes) is 3. The largest absolute Gasteiger partial charge is 0.328 e. The van der Waals surface area contributed by atoms with E-state index in [-0.39, 0.29) is 0 Å². The minimum absolute atomic E-state index is 0.381. The molecule has 1 aromatic carbocycles. The first-order valence-corrected chi connectivity index (χ1v) is 7.04. The van der Waals surface area contributed by atoms with Crippen molar-refractivity contribution in [2.24, 2.45) is 5.73 Å². The van der Waals surface area contributed by atoms with Gasteiger partial charge in [0.25, 0.3) is 0 Å². The molecule has 0 aliphatic rings. The lowest BCUT2D eigenvalue weighted by molar-refractivity contribution is 0.521. The first-order chi connectivity index (χ1) is 8.24. The highest BCUT2D eigenvalue weighted by molar-refractivity contribution is 5.25. The summed E-state index contributed by atoms with van der Waals surface area (Å²) in [5.74, 6) is 0. The maximum absolute atomic E-state index is 6.15. The summed E-state index contributed by atoms with van der Waals surface area (Å²) in [4.78, 5) is 0. The third-order valence-corrected chi connectivity index (χ3v) is 3.47. The third kappa shape index (κ3) is 5.88. The second-order valence-electron chi connectivity index (χ2n) is 5.07. The third-order valence-electron chi connectivity index (χ3n) is 3.47. The molecule has 0 fully saturated rings. The molecule has 0 saturated carbocycles. The number of benzene rings is 1. The highest BCUT2D eigenvalue weighted by atomic mass is 14.6. The van der Waals surface area contributed by atoms with Crippen molar-refractivity contribution in [3.63, 3.8) is 0 Å². The zero-order chi connectivity index (χ0) is 12.5. The number of rotatable bonds is 8. The first kappa shape index (κ1) is 14.2. The Balaban J connectivity index is 2.19. The van der Waals surface area contributed by atoms with Crippen LogP contribution in [0.5, 0.6) is 0 Å². The van der Waals surface area contributed by atoms with Crippen LogP contribution >= 0.6 is 0 Å². The molecule has 1 rings (SSSR count). The van der Waals surface area contributed by atoms with E-state index in [2.05, 4.69) is 38.1 Å². The Labute approximate surface area is 106 Å². The molecule has 1 heteroatoms. The second-order valence-corrected chi connectivity index (χ2v) is 5.07. The SMILES string of the molecule is CCCCCCC(N)CCc1ccccc1C. The standard InChI is InChI=1S/C16H27N/c1-3-4-5-6-11-16(17)13-12-15-10-8-7-9-14(15)2/h7-10,16H,3-6,11-13,17H2,1-2H3. The average molecular weight is 233 g/mol.